The van der Waals surface area contributed by atoms with Crippen molar-refractivity contribution in [3.05, 3.63) is 44.9 Å². The second kappa shape index (κ2) is 18.6. The first-order valence-electron chi connectivity index (χ1n) is 10.8. The van der Waals surface area contributed by atoms with Gasteiger partial charge in [0, 0.05) is 16.6 Å². The van der Waals surface area contributed by atoms with E-state index in [1.807, 2.05) is 0 Å². The summed E-state index contributed by atoms with van der Waals surface area (Å²) in [7, 11) is -18.3. The van der Waals surface area contributed by atoms with E-state index in [0.717, 1.165) is 6.33 Å². The second-order valence-electron chi connectivity index (χ2n) is 8.12. The van der Waals surface area contributed by atoms with Crippen LogP contribution in [0.25, 0.3) is 11.2 Å². The van der Waals surface area contributed by atoms with Gasteiger partial charge in [-0.2, -0.15) is 4.98 Å². The maximum atomic E-state index is 12.9. The Hall–Kier alpha value is 1.49. The van der Waals surface area contributed by atoms with Crippen molar-refractivity contribution >= 4 is 68.2 Å². The number of phosphoric ester groups is 1. The van der Waals surface area contributed by atoms with Crippen molar-refractivity contribution in [3.63, 3.8) is 0 Å². The number of imidazole rings is 1. The first-order chi connectivity index (χ1) is 18.9. The molecular formula is C17H16BrN6Na4O14P3. The molecule has 4 rings (SSSR count). The molecule has 1 aliphatic heterocycles. The van der Waals surface area contributed by atoms with Gasteiger partial charge in [-0.05, 0) is 18.2 Å². The minimum absolute atomic E-state index is 0. The zero-order valence-electron chi connectivity index (χ0n) is 23.9. The Morgan fingerprint density at radius 2 is 1.73 bits per heavy atom. The number of esters is 1. The summed E-state index contributed by atoms with van der Waals surface area (Å²) in [6.45, 7) is -1.06. The van der Waals surface area contributed by atoms with Gasteiger partial charge in [0.05, 0.1) is 26.3 Å². The number of ether oxygens (including phenoxy) is 2. The Labute approximate surface area is 349 Å². The molecule has 0 bridgehead atoms. The van der Waals surface area contributed by atoms with Crippen LogP contribution in [0.3, 0.4) is 0 Å². The molecule has 5 N–H and O–H groups in total. The standard InChI is InChI=1S/C17H20BrN6O14P3.4Na/c18-7-1-2-9(19)8(3-7)16(26)36-10-4-12(24-6-21-13-14(24)22-17(20)23-15(13)25)35-11(10)5-34-40(30,31)38-41(32,33)37-39(27,28)29;;;;/h1-3,6,10-12H,4-5,19H2,(H,30,31)(H,32,33)(H2,27,28,29)(H3,20,22,23,25);;;;/q;4*+1/p-4/t10-,11+,12+;;;;/m0..../s1. The van der Waals surface area contributed by atoms with Crippen molar-refractivity contribution in [2.45, 2.75) is 24.9 Å². The van der Waals surface area contributed by atoms with Gasteiger partial charge in [-0.3, -0.25) is 27.8 Å². The average molecular weight is 793 g/mol. The summed E-state index contributed by atoms with van der Waals surface area (Å²) < 4.78 is 58.2. The molecule has 0 saturated carbocycles. The summed E-state index contributed by atoms with van der Waals surface area (Å²) in [6.07, 6.45) is -2.94. The Bertz CT molecular complexity index is 1710. The molecule has 1 fully saturated rings. The van der Waals surface area contributed by atoms with Crippen molar-refractivity contribution < 1.29 is 179 Å². The fourth-order valence-corrected chi connectivity index (χ4v) is 6.88. The number of halogens is 1. The van der Waals surface area contributed by atoms with E-state index in [9.17, 15) is 42.9 Å². The number of aromatic amines is 1. The van der Waals surface area contributed by atoms with Crippen LogP contribution in [0.5, 0.6) is 0 Å². The molecule has 0 spiro atoms. The van der Waals surface area contributed by atoms with Crippen LogP contribution in [0.15, 0.2) is 33.8 Å². The number of H-pyrrole nitrogens is 1. The second-order valence-corrected chi connectivity index (χ2v) is 13.3. The number of hydrogen-bond donors (Lipinski definition) is 3. The fraction of sp³-hybridized carbons (Fsp3) is 0.294. The maximum absolute atomic E-state index is 12.9. The van der Waals surface area contributed by atoms with Gasteiger partial charge in [0.25, 0.3) is 21.2 Å². The Morgan fingerprint density at radius 1 is 1.09 bits per heavy atom. The molecule has 28 heteroatoms. The van der Waals surface area contributed by atoms with Gasteiger partial charge in [-0.15, -0.1) is 0 Å². The fourth-order valence-electron chi connectivity index (χ4n) is 3.65. The molecule has 0 radical (unpaired) electrons. The van der Waals surface area contributed by atoms with Crippen molar-refractivity contribution in [1.29, 1.82) is 0 Å². The van der Waals surface area contributed by atoms with Crippen LogP contribution < -0.4 is 155 Å². The number of hydrogen-bond acceptors (Lipinski definition) is 18. The number of benzene rings is 1. The van der Waals surface area contributed by atoms with Gasteiger partial charge in [0.1, 0.15) is 18.4 Å². The number of carbonyl (C=O) groups is 1. The smallest absolute Gasteiger partial charge is 0.790 e. The predicted molar refractivity (Wildman–Crippen MR) is 130 cm³/mol. The SMILES string of the molecule is Nc1nc2c(ncn2[C@H]2C[C@H](OC(=O)c3cc(Br)ccc3N)[C@@H](COP(=O)([O-])OP(=O)([O-])OP(=O)([O-])[O-])O2)c(=O)[nH]1.[Na+].[Na+].[Na+].[Na+]. The zero-order valence-corrected chi connectivity index (χ0v) is 36.2. The third kappa shape index (κ3) is 13.0. The van der Waals surface area contributed by atoms with Gasteiger partial charge >= 0.3 is 124 Å². The van der Waals surface area contributed by atoms with E-state index >= 15 is 0 Å². The van der Waals surface area contributed by atoms with Crippen LogP contribution in [0.1, 0.15) is 23.0 Å². The van der Waals surface area contributed by atoms with E-state index < -0.39 is 60.0 Å². The maximum Gasteiger partial charge on any atom is 1.00 e. The van der Waals surface area contributed by atoms with E-state index in [1.165, 1.54) is 16.7 Å². The Morgan fingerprint density at radius 3 is 2.36 bits per heavy atom. The third-order valence-electron chi connectivity index (χ3n) is 5.23. The van der Waals surface area contributed by atoms with Crippen LogP contribution in [0.2, 0.25) is 0 Å². The normalized spacial score (nSPS) is 20.3. The summed E-state index contributed by atoms with van der Waals surface area (Å²) in [5, 5.41) is 0. The number of anilines is 2. The summed E-state index contributed by atoms with van der Waals surface area (Å²) >= 11 is 3.19. The minimum Gasteiger partial charge on any atom is -0.790 e. The van der Waals surface area contributed by atoms with Gasteiger partial charge in [0.2, 0.25) is 5.95 Å². The van der Waals surface area contributed by atoms with Gasteiger partial charge in [0.15, 0.2) is 11.2 Å². The Balaban J connectivity index is 0.00000484. The first-order valence-corrected chi connectivity index (χ1v) is 16.0. The molecule has 20 nitrogen and oxygen atoms in total. The molecule has 2 aromatic heterocycles. The topological polar surface area (TPSA) is 322 Å². The molecule has 0 aliphatic carbocycles. The number of fused-ring (bicyclic) bond motifs is 1. The zero-order chi connectivity index (χ0) is 30.3. The van der Waals surface area contributed by atoms with Crippen molar-refractivity contribution in [1.82, 2.24) is 19.5 Å². The van der Waals surface area contributed by atoms with E-state index in [1.54, 1.807) is 6.07 Å². The third-order valence-corrected chi connectivity index (χ3v) is 9.39. The molecule has 1 saturated heterocycles. The largest absolute Gasteiger partial charge is 1.00 e. The number of aromatic nitrogens is 4. The van der Waals surface area contributed by atoms with Crippen LogP contribution in [0.4, 0.5) is 11.6 Å². The number of rotatable bonds is 10. The van der Waals surface area contributed by atoms with Crippen LogP contribution in [-0.2, 0) is 36.3 Å². The number of nitrogens with one attached hydrogen (secondary N) is 1. The molecule has 224 valence electrons. The van der Waals surface area contributed by atoms with Crippen molar-refractivity contribution in [2.24, 2.45) is 0 Å². The monoisotopic (exact) mass is 792 g/mol. The molecule has 0 amide bonds. The van der Waals surface area contributed by atoms with Crippen LogP contribution >= 0.6 is 39.4 Å². The van der Waals surface area contributed by atoms with Crippen LogP contribution in [-0.4, -0.2) is 44.3 Å². The van der Waals surface area contributed by atoms with E-state index in [2.05, 4.69) is 44.0 Å². The van der Waals surface area contributed by atoms with E-state index in [-0.39, 0.29) is 153 Å². The Kier molecular flexibility index (Phi) is 19.3. The summed E-state index contributed by atoms with van der Waals surface area (Å²) in [5.74, 6) is -1.22. The number of phosphoric acid groups is 3. The number of carbonyl (C=O) groups excluding carboxylic acids is 1. The summed E-state index contributed by atoms with van der Waals surface area (Å²) in [4.78, 5) is 79.8. The molecule has 1 aliphatic rings. The van der Waals surface area contributed by atoms with Crippen molar-refractivity contribution in [3.8, 4) is 0 Å². The van der Waals surface area contributed by atoms with Gasteiger partial charge in [-0.25, -0.2) is 14.1 Å². The van der Waals surface area contributed by atoms with Gasteiger partial charge < -0.3 is 49.6 Å². The van der Waals surface area contributed by atoms with Gasteiger partial charge in [-0.1, -0.05) is 15.9 Å². The van der Waals surface area contributed by atoms with Crippen LogP contribution in [0, 0.1) is 0 Å². The molecule has 45 heavy (non-hydrogen) atoms. The molecule has 2 unspecified atom stereocenters. The molecular weight excluding hydrogens is 777 g/mol. The van der Waals surface area contributed by atoms with Crippen molar-refractivity contribution in [2.75, 3.05) is 18.1 Å². The predicted octanol–water partition coefficient (Wildman–Crippen LogP) is -13.6. The summed E-state index contributed by atoms with van der Waals surface area (Å²) in [5.41, 5.74) is 10.6. The molecule has 3 aromatic rings. The quantitative estimate of drug-likeness (QED) is 0.0742. The molecule has 5 atom stereocenters. The number of nitrogen functional groups attached to an aromatic ring is 2. The number of nitrogens with two attached hydrogens (primary N) is 2. The summed E-state index contributed by atoms with van der Waals surface area (Å²) in [6, 6.07) is 4.33. The minimum atomic E-state index is -6.22. The average Bonchev–Trinajstić information content (AvgIpc) is 3.41. The number of nitrogens with zero attached hydrogens (tertiary/aromatic N) is 3. The van der Waals surface area contributed by atoms with E-state index in [0.29, 0.717) is 4.47 Å². The molecule has 3 heterocycles. The van der Waals surface area contributed by atoms with E-state index in [4.69, 9.17) is 20.9 Å². The molecule has 1 aromatic carbocycles. The first kappa shape index (κ1) is 46.5.